The number of oxime groups is 1. The minimum atomic E-state index is -0.230. The summed E-state index contributed by atoms with van der Waals surface area (Å²) in [5, 5.41) is 13.9. The maximum atomic E-state index is 11.6. The Balaban J connectivity index is 2.52. The first-order chi connectivity index (χ1) is 7.63. The normalized spacial score (nSPS) is 13.2. The zero-order valence-electron chi connectivity index (χ0n) is 8.92. The van der Waals surface area contributed by atoms with E-state index in [4.69, 9.17) is 10.9 Å². The summed E-state index contributed by atoms with van der Waals surface area (Å²) in [6, 6.07) is 3.14. The van der Waals surface area contributed by atoms with Gasteiger partial charge in [0.15, 0.2) is 0 Å². The van der Waals surface area contributed by atoms with Gasteiger partial charge in [0, 0.05) is 24.9 Å². The zero-order chi connectivity index (χ0) is 12.0. The lowest BCUT2D eigenvalue weighted by molar-refractivity contribution is 0.0940. The highest BCUT2D eigenvalue weighted by Gasteiger charge is 2.10. The Labute approximate surface area is 93.2 Å². The van der Waals surface area contributed by atoms with Crippen molar-refractivity contribution >= 4 is 11.7 Å². The van der Waals surface area contributed by atoms with Crippen LogP contribution in [0, 0.1) is 0 Å². The third-order valence-corrected chi connectivity index (χ3v) is 1.94. The molecule has 0 aliphatic rings. The Bertz CT molecular complexity index is 378. The number of amidine groups is 1. The monoisotopic (exact) mass is 222 g/mol. The topological polar surface area (TPSA) is 101 Å². The molecule has 1 unspecified atom stereocenters. The first-order valence-electron chi connectivity index (χ1n) is 4.80. The number of rotatable bonds is 4. The van der Waals surface area contributed by atoms with E-state index in [1.54, 1.807) is 25.3 Å². The van der Waals surface area contributed by atoms with Crippen LogP contribution in [-0.2, 0) is 0 Å². The molecule has 16 heavy (non-hydrogen) atoms. The van der Waals surface area contributed by atoms with Gasteiger partial charge in [0.05, 0.1) is 5.56 Å². The summed E-state index contributed by atoms with van der Waals surface area (Å²) in [6.45, 7) is 1.77. The molecule has 0 radical (unpaired) electrons. The Hall–Kier alpha value is -2.11. The lowest BCUT2D eigenvalue weighted by atomic mass is 10.2. The molecule has 0 aromatic carbocycles. The highest BCUT2D eigenvalue weighted by molar-refractivity contribution is 5.94. The van der Waals surface area contributed by atoms with Crippen LogP contribution in [0.2, 0.25) is 0 Å². The van der Waals surface area contributed by atoms with Crippen molar-refractivity contribution in [1.29, 1.82) is 0 Å². The van der Waals surface area contributed by atoms with Crippen LogP contribution in [0.4, 0.5) is 0 Å². The molecule has 0 aliphatic carbocycles. The fourth-order valence-corrected chi connectivity index (χ4v) is 1.21. The van der Waals surface area contributed by atoms with E-state index in [0.717, 1.165) is 0 Å². The molecular formula is C10H14N4O2. The second kappa shape index (κ2) is 5.69. The number of pyridine rings is 1. The van der Waals surface area contributed by atoms with Crippen molar-refractivity contribution in [2.24, 2.45) is 10.9 Å². The summed E-state index contributed by atoms with van der Waals surface area (Å²) < 4.78 is 0. The fraction of sp³-hybridized carbons (Fsp3) is 0.300. The second-order valence-corrected chi connectivity index (χ2v) is 3.41. The van der Waals surface area contributed by atoms with E-state index in [0.29, 0.717) is 12.0 Å². The average Bonchev–Trinajstić information content (AvgIpc) is 2.29. The van der Waals surface area contributed by atoms with Gasteiger partial charge in [-0.05, 0) is 19.1 Å². The molecule has 1 rings (SSSR count). The molecule has 6 nitrogen and oxygen atoms in total. The number of nitrogens with one attached hydrogen (secondary N) is 1. The molecule has 0 bridgehead atoms. The van der Waals surface area contributed by atoms with Gasteiger partial charge in [-0.2, -0.15) is 0 Å². The van der Waals surface area contributed by atoms with E-state index in [2.05, 4.69) is 15.5 Å². The molecule has 0 saturated heterocycles. The Morgan fingerprint density at radius 1 is 1.75 bits per heavy atom. The van der Waals surface area contributed by atoms with E-state index < -0.39 is 0 Å². The third kappa shape index (κ3) is 3.56. The van der Waals surface area contributed by atoms with Crippen molar-refractivity contribution < 1.29 is 10.0 Å². The Kier molecular flexibility index (Phi) is 4.26. The van der Waals surface area contributed by atoms with Crippen LogP contribution in [0.3, 0.4) is 0 Å². The third-order valence-electron chi connectivity index (χ3n) is 1.94. The number of nitrogens with zero attached hydrogens (tertiary/aromatic N) is 2. The van der Waals surface area contributed by atoms with Crippen molar-refractivity contribution in [3.8, 4) is 0 Å². The molecule has 0 spiro atoms. The van der Waals surface area contributed by atoms with Crippen molar-refractivity contribution in [3.63, 3.8) is 0 Å². The number of hydrogen-bond acceptors (Lipinski definition) is 4. The fourth-order valence-electron chi connectivity index (χ4n) is 1.21. The number of nitrogens with two attached hydrogens (primary N) is 1. The van der Waals surface area contributed by atoms with Gasteiger partial charge in [0.2, 0.25) is 0 Å². The Morgan fingerprint density at radius 2 is 2.50 bits per heavy atom. The van der Waals surface area contributed by atoms with E-state index in [9.17, 15) is 4.79 Å². The van der Waals surface area contributed by atoms with Gasteiger partial charge in [-0.3, -0.25) is 9.78 Å². The molecule has 6 heteroatoms. The van der Waals surface area contributed by atoms with Gasteiger partial charge in [-0.15, -0.1) is 0 Å². The molecule has 1 aromatic heterocycles. The average molecular weight is 222 g/mol. The highest BCUT2D eigenvalue weighted by Crippen LogP contribution is 1.98. The summed E-state index contributed by atoms with van der Waals surface area (Å²) in [6.07, 6.45) is 3.37. The van der Waals surface area contributed by atoms with Crippen LogP contribution in [0.25, 0.3) is 0 Å². The van der Waals surface area contributed by atoms with Crippen molar-refractivity contribution in [2.45, 2.75) is 19.4 Å². The first-order valence-corrected chi connectivity index (χ1v) is 4.80. The second-order valence-electron chi connectivity index (χ2n) is 3.41. The van der Waals surface area contributed by atoms with E-state index >= 15 is 0 Å². The predicted molar refractivity (Wildman–Crippen MR) is 59.2 cm³/mol. The van der Waals surface area contributed by atoms with Gasteiger partial charge in [0.1, 0.15) is 5.84 Å². The minimum absolute atomic E-state index is 0.0824. The summed E-state index contributed by atoms with van der Waals surface area (Å²) in [5.41, 5.74) is 5.81. The van der Waals surface area contributed by atoms with E-state index in [-0.39, 0.29) is 17.8 Å². The summed E-state index contributed by atoms with van der Waals surface area (Å²) in [4.78, 5) is 15.5. The van der Waals surface area contributed by atoms with Crippen LogP contribution in [0.1, 0.15) is 23.7 Å². The maximum absolute atomic E-state index is 11.6. The molecule has 86 valence electrons. The lowest BCUT2D eigenvalue weighted by Crippen LogP contribution is -2.35. The predicted octanol–water partition coefficient (Wildman–Crippen LogP) is 0.336. The molecular weight excluding hydrogens is 208 g/mol. The molecule has 0 fully saturated rings. The largest absolute Gasteiger partial charge is 0.409 e. The van der Waals surface area contributed by atoms with E-state index in [1.165, 1.54) is 6.20 Å². The summed E-state index contributed by atoms with van der Waals surface area (Å²) in [7, 11) is 0. The molecule has 0 aliphatic heterocycles. The molecule has 1 aromatic rings. The molecule has 1 amide bonds. The van der Waals surface area contributed by atoms with Crippen LogP contribution < -0.4 is 11.1 Å². The van der Waals surface area contributed by atoms with Crippen molar-refractivity contribution in [1.82, 2.24) is 10.3 Å². The van der Waals surface area contributed by atoms with Crippen LogP contribution in [0.15, 0.2) is 29.7 Å². The standard InChI is InChI=1S/C10H14N4O2/c1-7(5-9(11)14-16)13-10(15)8-3-2-4-12-6-8/h2-4,6-7,16H,5H2,1H3,(H2,11,14)(H,13,15). The van der Waals surface area contributed by atoms with Gasteiger partial charge >= 0.3 is 0 Å². The smallest absolute Gasteiger partial charge is 0.253 e. The molecule has 4 N–H and O–H groups in total. The molecule has 0 saturated carbocycles. The number of amides is 1. The number of aromatic nitrogens is 1. The van der Waals surface area contributed by atoms with E-state index in [1.807, 2.05) is 0 Å². The number of carbonyl (C=O) groups is 1. The van der Waals surface area contributed by atoms with Gasteiger partial charge in [-0.1, -0.05) is 5.16 Å². The van der Waals surface area contributed by atoms with Gasteiger partial charge < -0.3 is 16.3 Å². The molecule has 1 heterocycles. The maximum Gasteiger partial charge on any atom is 0.253 e. The summed E-state index contributed by atoms with van der Waals surface area (Å²) in [5.74, 6) is -0.148. The SMILES string of the molecule is CC(CC(N)=NO)NC(=O)c1cccnc1. The van der Waals surface area contributed by atoms with Crippen molar-refractivity contribution in [3.05, 3.63) is 30.1 Å². The number of hydrogen-bond donors (Lipinski definition) is 3. The van der Waals surface area contributed by atoms with Crippen molar-refractivity contribution in [2.75, 3.05) is 0 Å². The minimum Gasteiger partial charge on any atom is -0.409 e. The highest BCUT2D eigenvalue weighted by atomic mass is 16.4. The number of carbonyl (C=O) groups excluding carboxylic acids is 1. The van der Waals surface area contributed by atoms with Crippen LogP contribution in [0.5, 0.6) is 0 Å². The van der Waals surface area contributed by atoms with Crippen LogP contribution >= 0.6 is 0 Å². The Morgan fingerprint density at radius 3 is 3.06 bits per heavy atom. The van der Waals surface area contributed by atoms with Crippen LogP contribution in [-0.4, -0.2) is 28.0 Å². The molecule has 1 atom stereocenters. The first kappa shape index (κ1) is 12.0. The zero-order valence-corrected chi connectivity index (χ0v) is 8.92. The summed E-state index contributed by atoms with van der Waals surface area (Å²) >= 11 is 0. The van der Waals surface area contributed by atoms with Gasteiger partial charge in [0.25, 0.3) is 5.91 Å². The lowest BCUT2D eigenvalue weighted by Gasteiger charge is -2.12. The van der Waals surface area contributed by atoms with Gasteiger partial charge in [-0.25, -0.2) is 0 Å². The quantitative estimate of drug-likeness (QED) is 0.296.